The van der Waals surface area contributed by atoms with E-state index in [1.54, 1.807) is 12.1 Å². The van der Waals surface area contributed by atoms with Crippen LogP contribution in [0.1, 0.15) is 11.4 Å². The van der Waals surface area contributed by atoms with Crippen molar-refractivity contribution in [2.75, 3.05) is 5.73 Å². The lowest BCUT2D eigenvalue weighted by atomic mass is 10.3. The van der Waals surface area contributed by atoms with Crippen LogP contribution in [0.2, 0.25) is 5.02 Å². The van der Waals surface area contributed by atoms with Crippen molar-refractivity contribution in [1.82, 2.24) is 4.98 Å². The Hall–Kier alpha value is -1.59. The Kier molecular flexibility index (Phi) is 3.78. The standard InChI is InChI=1S/C13H13ClN2O2S/c1-9-3-2-4-10(16-9)8-19(17,18)11-5-6-13(15)12(14)7-11/h2-7H,8,15H2,1H3. The summed E-state index contributed by atoms with van der Waals surface area (Å²) in [6, 6.07) is 9.58. The zero-order chi connectivity index (χ0) is 14.0. The molecular weight excluding hydrogens is 284 g/mol. The van der Waals surface area contributed by atoms with E-state index in [0.717, 1.165) is 5.69 Å². The molecule has 100 valence electrons. The normalized spacial score (nSPS) is 11.5. The van der Waals surface area contributed by atoms with Gasteiger partial charge in [0.2, 0.25) is 0 Å². The molecule has 2 rings (SSSR count). The minimum absolute atomic E-state index is 0.148. The minimum atomic E-state index is -3.47. The third-order valence-electron chi connectivity index (χ3n) is 2.61. The van der Waals surface area contributed by atoms with Gasteiger partial charge in [-0.2, -0.15) is 0 Å². The van der Waals surface area contributed by atoms with Crippen molar-refractivity contribution in [3.05, 3.63) is 52.8 Å². The van der Waals surface area contributed by atoms with E-state index in [2.05, 4.69) is 4.98 Å². The van der Waals surface area contributed by atoms with Gasteiger partial charge >= 0.3 is 0 Å². The summed E-state index contributed by atoms with van der Waals surface area (Å²) in [6.07, 6.45) is 0. The van der Waals surface area contributed by atoms with E-state index < -0.39 is 9.84 Å². The SMILES string of the molecule is Cc1cccc(CS(=O)(=O)c2ccc(N)c(Cl)c2)n1. The van der Waals surface area contributed by atoms with Crippen LogP contribution in [0.5, 0.6) is 0 Å². The van der Waals surface area contributed by atoms with E-state index in [1.165, 1.54) is 18.2 Å². The number of rotatable bonds is 3. The van der Waals surface area contributed by atoms with E-state index in [9.17, 15) is 8.42 Å². The summed E-state index contributed by atoms with van der Waals surface area (Å²) in [4.78, 5) is 4.34. The van der Waals surface area contributed by atoms with Crippen LogP contribution in [0.25, 0.3) is 0 Å². The fourth-order valence-electron chi connectivity index (χ4n) is 1.66. The molecule has 1 aromatic heterocycles. The molecule has 0 saturated carbocycles. The van der Waals surface area contributed by atoms with Gasteiger partial charge in [-0.05, 0) is 37.3 Å². The summed E-state index contributed by atoms with van der Waals surface area (Å²) >= 11 is 5.84. The molecule has 1 heterocycles. The van der Waals surface area contributed by atoms with Crippen molar-refractivity contribution < 1.29 is 8.42 Å². The topological polar surface area (TPSA) is 73.0 Å². The van der Waals surface area contributed by atoms with Crippen LogP contribution in [-0.4, -0.2) is 13.4 Å². The second-order valence-corrected chi connectivity index (χ2v) is 6.61. The number of pyridine rings is 1. The molecule has 0 atom stereocenters. The maximum absolute atomic E-state index is 12.2. The van der Waals surface area contributed by atoms with E-state index >= 15 is 0 Å². The molecule has 1 aromatic carbocycles. The predicted molar refractivity (Wildman–Crippen MR) is 75.7 cm³/mol. The molecule has 2 N–H and O–H groups in total. The molecule has 0 aliphatic carbocycles. The van der Waals surface area contributed by atoms with Gasteiger partial charge in [0, 0.05) is 5.69 Å². The Labute approximate surface area is 117 Å². The van der Waals surface area contributed by atoms with Crippen LogP contribution in [0.15, 0.2) is 41.3 Å². The highest BCUT2D eigenvalue weighted by atomic mass is 35.5. The van der Waals surface area contributed by atoms with Crippen LogP contribution < -0.4 is 5.73 Å². The number of nitrogens with two attached hydrogens (primary N) is 1. The molecule has 0 spiro atoms. The molecule has 19 heavy (non-hydrogen) atoms. The summed E-state index contributed by atoms with van der Waals surface area (Å²) in [6.45, 7) is 1.82. The number of anilines is 1. The van der Waals surface area contributed by atoms with Gasteiger partial charge in [-0.25, -0.2) is 8.42 Å². The third kappa shape index (κ3) is 3.24. The number of nitrogen functional groups attached to an aromatic ring is 1. The molecule has 0 saturated heterocycles. The molecule has 6 heteroatoms. The minimum Gasteiger partial charge on any atom is -0.398 e. The van der Waals surface area contributed by atoms with Crippen molar-refractivity contribution in [1.29, 1.82) is 0 Å². The Morgan fingerprint density at radius 2 is 2.00 bits per heavy atom. The van der Waals surface area contributed by atoms with Gasteiger partial charge in [-0.3, -0.25) is 4.98 Å². The highest BCUT2D eigenvalue weighted by Gasteiger charge is 2.17. The first-order chi connectivity index (χ1) is 8.88. The molecule has 0 unspecified atom stereocenters. The van der Waals surface area contributed by atoms with Gasteiger partial charge < -0.3 is 5.73 Å². The van der Waals surface area contributed by atoms with Crippen molar-refractivity contribution in [3.63, 3.8) is 0 Å². The molecule has 0 amide bonds. The summed E-state index contributed by atoms with van der Waals surface area (Å²) in [7, 11) is -3.47. The van der Waals surface area contributed by atoms with Gasteiger partial charge in [0.05, 0.1) is 27.1 Å². The van der Waals surface area contributed by atoms with Crippen molar-refractivity contribution in [3.8, 4) is 0 Å². The van der Waals surface area contributed by atoms with Gasteiger partial charge in [-0.1, -0.05) is 17.7 Å². The fourth-order valence-corrected chi connectivity index (χ4v) is 3.19. The van der Waals surface area contributed by atoms with Crippen LogP contribution in [0.4, 0.5) is 5.69 Å². The van der Waals surface area contributed by atoms with E-state index in [4.69, 9.17) is 17.3 Å². The first-order valence-electron chi connectivity index (χ1n) is 5.59. The van der Waals surface area contributed by atoms with Gasteiger partial charge in [-0.15, -0.1) is 0 Å². The van der Waals surface area contributed by atoms with Gasteiger partial charge in [0.25, 0.3) is 0 Å². The molecule has 0 fully saturated rings. The molecule has 0 aliphatic heterocycles. The van der Waals surface area contributed by atoms with Crippen molar-refractivity contribution in [2.45, 2.75) is 17.6 Å². The van der Waals surface area contributed by atoms with Crippen LogP contribution >= 0.6 is 11.6 Å². The van der Waals surface area contributed by atoms with E-state index in [-0.39, 0.29) is 15.7 Å². The van der Waals surface area contributed by atoms with Gasteiger partial charge in [0.1, 0.15) is 0 Å². The lowest BCUT2D eigenvalue weighted by molar-refractivity contribution is 0.594. The van der Waals surface area contributed by atoms with Crippen molar-refractivity contribution in [2.24, 2.45) is 0 Å². The molecule has 0 radical (unpaired) electrons. The average molecular weight is 297 g/mol. The third-order valence-corrected chi connectivity index (χ3v) is 4.59. The Bertz CT molecular complexity index is 714. The highest BCUT2D eigenvalue weighted by Crippen LogP contribution is 2.24. The van der Waals surface area contributed by atoms with E-state index in [1.807, 2.05) is 13.0 Å². The first kappa shape index (κ1) is 13.8. The second-order valence-electron chi connectivity index (χ2n) is 4.21. The number of sulfone groups is 1. The largest absolute Gasteiger partial charge is 0.398 e. The fraction of sp³-hybridized carbons (Fsp3) is 0.154. The van der Waals surface area contributed by atoms with Gasteiger partial charge in [0.15, 0.2) is 9.84 Å². The molecule has 0 aliphatic rings. The average Bonchev–Trinajstić information content (AvgIpc) is 2.32. The second kappa shape index (κ2) is 5.19. The lowest BCUT2D eigenvalue weighted by Gasteiger charge is -2.06. The number of nitrogens with zero attached hydrogens (tertiary/aromatic N) is 1. The maximum atomic E-state index is 12.2. The maximum Gasteiger partial charge on any atom is 0.184 e. The predicted octanol–water partition coefficient (Wildman–Crippen LogP) is 2.60. The summed E-state index contributed by atoms with van der Waals surface area (Å²) < 4.78 is 24.5. The Morgan fingerprint density at radius 3 is 2.63 bits per heavy atom. The number of hydrogen-bond donors (Lipinski definition) is 1. The number of aryl methyl sites for hydroxylation is 1. The molecule has 4 nitrogen and oxygen atoms in total. The summed E-state index contributed by atoms with van der Waals surface area (Å²) in [5, 5.41) is 0.235. The Balaban J connectivity index is 2.35. The number of halogens is 1. The molecule has 2 aromatic rings. The first-order valence-corrected chi connectivity index (χ1v) is 7.62. The summed E-state index contributed by atoms with van der Waals surface area (Å²) in [5.74, 6) is -0.158. The summed E-state index contributed by atoms with van der Waals surface area (Å²) in [5.41, 5.74) is 7.21. The zero-order valence-corrected chi connectivity index (χ0v) is 11.9. The number of benzene rings is 1. The number of aromatic nitrogens is 1. The quantitative estimate of drug-likeness (QED) is 0.884. The van der Waals surface area contributed by atoms with Crippen molar-refractivity contribution >= 4 is 27.1 Å². The highest BCUT2D eigenvalue weighted by molar-refractivity contribution is 7.90. The Morgan fingerprint density at radius 1 is 1.26 bits per heavy atom. The molecular formula is C13H13ClN2O2S. The van der Waals surface area contributed by atoms with Crippen LogP contribution in [0.3, 0.4) is 0 Å². The van der Waals surface area contributed by atoms with E-state index in [0.29, 0.717) is 11.4 Å². The lowest BCUT2D eigenvalue weighted by Crippen LogP contribution is -2.07. The van der Waals surface area contributed by atoms with Crippen LogP contribution in [-0.2, 0) is 15.6 Å². The monoisotopic (exact) mass is 296 g/mol. The zero-order valence-electron chi connectivity index (χ0n) is 10.3. The smallest absolute Gasteiger partial charge is 0.184 e. The van der Waals surface area contributed by atoms with Crippen LogP contribution in [0, 0.1) is 6.92 Å². The molecule has 0 bridgehead atoms. The number of hydrogen-bond acceptors (Lipinski definition) is 4.